The molecule has 1 atom stereocenters. The number of hydrogen-bond acceptors (Lipinski definition) is 4. The lowest BCUT2D eigenvalue weighted by Crippen LogP contribution is -2.34. The number of benzene rings is 1. The van der Waals surface area contributed by atoms with Gasteiger partial charge >= 0.3 is 0 Å². The maximum absolute atomic E-state index is 11.9. The number of carbonyl (C=O) groups is 2. The molecule has 1 aromatic heterocycles. The molecule has 1 amide bonds. The van der Waals surface area contributed by atoms with Gasteiger partial charge in [-0.3, -0.25) is 9.59 Å². The first-order valence-corrected chi connectivity index (χ1v) is 9.59. The fraction of sp³-hybridized carbons (Fsp3) is 0.300. The van der Waals surface area contributed by atoms with Crippen LogP contribution in [0.5, 0.6) is 5.75 Å². The first-order valence-electron chi connectivity index (χ1n) is 8.40. The lowest BCUT2D eigenvalue weighted by molar-refractivity contribution is -0.117. The van der Waals surface area contributed by atoms with E-state index in [1.807, 2.05) is 25.1 Å². The second-order valence-electron chi connectivity index (χ2n) is 6.29. The summed E-state index contributed by atoms with van der Waals surface area (Å²) in [5.41, 5.74) is 2.68. The zero-order valence-corrected chi connectivity index (χ0v) is 16.5. The van der Waals surface area contributed by atoms with Crippen molar-refractivity contribution >= 4 is 34.6 Å². The van der Waals surface area contributed by atoms with Crippen molar-refractivity contribution in [2.75, 3.05) is 6.54 Å². The Morgan fingerprint density at radius 1 is 1.35 bits per heavy atom. The summed E-state index contributed by atoms with van der Waals surface area (Å²) in [6.45, 7) is 5.60. The van der Waals surface area contributed by atoms with E-state index >= 15 is 0 Å². The third kappa shape index (κ3) is 3.84. The minimum absolute atomic E-state index is 0.0593. The first-order chi connectivity index (χ1) is 12.4. The number of halogens is 1. The van der Waals surface area contributed by atoms with E-state index in [9.17, 15) is 9.59 Å². The molecule has 0 bridgehead atoms. The average molecular weight is 390 g/mol. The van der Waals surface area contributed by atoms with Crippen molar-refractivity contribution in [2.45, 2.75) is 33.3 Å². The van der Waals surface area contributed by atoms with Crippen molar-refractivity contribution in [2.24, 2.45) is 0 Å². The SMILES string of the molecule is C/C=C(\C)C(=O)NCC1Cc2cc(-c3ccc(C(C)=O)s3)cc(Cl)c2O1. The number of ether oxygens (including phenoxy) is 1. The van der Waals surface area contributed by atoms with Crippen molar-refractivity contribution in [1.29, 1.82) is 0 Å². The Kier molecular flexibility index (Phi) is 5.49. The van der Waals surface area contributed by atoms with Crippen LogP contribution in [0.3, 0.4) is 0 Å². The standard InChI is InChI=1S/C20H20ClNO3S/c1-4-11(2)20(24)22-10-15-8-14-7-13(9-16(21)19(14)25-15)18-6-5-17(26-18)12(3)23/h4-7,9,15H,8,10H2,1-3H3,(H,22,24)/b11-4+. The van der Waals surface area contributed by atoms with Gasteiger partial charge in [-0.15, -0.1) is 11.3 Å². The van der Waals surface area contributed by atoms with Crippen LogP contribution >= 0.6 is 22.9 Å². The number of carbonyl (C=O) groups excluding carboxylic acids is 2. The summed E-state index contributed by atoms with van der Waals surface area (Å²) in [6.07, 6.45) is 2.32. The number of Topliss-reactive ketones (excluding diaryl/α,β-unsaturated/α-hetero) is 1. The molecule has 0 radical (unpaired) electrons. The Balaban J connectivity index is 1.75. The van der Waals surface area contributed by atoms with Gasteiger partial charge in [0, 0.05) is 22.4 Å². The highest BCUT2D eigenvalue weighted by Gasteiger charge is 2.26. The van der Waals surface area contributed by atoms with Crippen LogP contribution in [0.15, 0.2) is 35.9 Å². The van der Waals surface area contributed by atoms with E-state index in [-0.39, 0.29) is 17.8 Å². The highest BCUT2D eigenvalue weighted by Crippen LogP contribution is 2.41. The van der Waals surface area contributed by atoms with E-state index in [0.717, 1.165) is 20.9 Å². The topological polar surface area (TPSA) is 55.4 Å². The van der Waals surface area contributed by atoms with E-state index in [1.54, 1.807) is 19.9 Å². The minimum Gasteiger partial charge on any atom is -0.486 e. The maximum atomic E-state index is 11.9. The number of rotatable bonds is 5. The van der Waals surface area contributed by atoms with Crippen LogP contribution < -0.4 is 10.1 Å². The first kappa shape index (κ1) is 18.7. The molecule has 0 saturated carbocycles. The van der Waals surface area contributed by atoms with E-state index in [0.29, 0.717) is 29.3 Å². The summed E-state index contributed by atoms with van der Waals surface area (Å²) in [5, 5.41) is 3.43. The van der Waals surface area contributed by atoms with Gasteiger partial charge in [0.2, 0.25) is 5.91 Å². The third-order valence-corrected chi connectivity index (χ3v) is 5.89. The molecule has 0 aliphatic carbocycles. The zero-order valence-electron chi connectivity index (χ0n) is 14.9. The van der Waals surface area contributed by atoms with Gasteiger partial charge < -0.3 is 10.1 Å². The van der Waals surface area contributed by atoms with Crippen LogP contribution in [0.4, 0.5) is 0 Å². The normalized spacial score (nSPS) is 16.2. The predicted octanol–water partition coefficient (Wildman–Crippen LogP) is 4.66. The smallest absolute Gasteiger partial charge is 0.246 e. The molecule has 0 spiro atoms. The Morgan fingerprint density at radius 2 is 2.12 bits per heavy atom. The molecular formula is C20H20ClNO3S. The number of ketones is 1. The highest BCUT2D eigenvalue weighted by atomic mass is 35.5. The van der Waals surface area contributed by atoms with Gasteiger partial charge in [-0.05, 0) is 50.6 Å². The molecule has 1 aliphatic rings. The molecule has 4 nitrogen and oxygen atoms in total. The van der Waals surface area contributed by atoms with Gasteiger partial charge in [-0.2, -0.15) is 0 Å². The number of nitrogens with one attached hydrogen (secondary N) is 1. The molecule has 3 rings (SSSR count). The van der Waals surface area contributed by atoms with Crippen LogP contribution in [-0.4, -0.2) is 24.3 Å². The number of amides is 1. The minimum atomic E-state index is -0.137. The van der Waals surface area contributed by atoms with Crippen molar-refractivity contribution in [3.05, 3.63) is 51.4 Å². The van der Waals surface area contributed by atoms with Gasteiger partial charge in [-0.1, -0.05) is 17.7 Å². The van der Waals surface area contributed by atoms with Crippen molar-refractivity contribution in [3.8, 4) is 16.2 Å². The van der Waals surface area contributed by atoms with Crippen molar-refractivity contribution in [1.82, 2.24) is 5.32 Å². The number of thiophene rings is 1. The maximum Gasteiger partial charge on any atom is 0.246 e. The summed E-state index contributed by atoms with van der Waals surface area (Å²) in [6, 6.07) is 7.69. The van der Waals surface area contributed by atoms with E-state index in [1.165, 1.54) is 11.3 Å². The monoisotopic (exact) mass is 389 g/mol. The third-order valence-electron chi connectivity index (χ3n) is 4.37. The summed E-state index contributed by atoms with van der Waals surface area (Å²) < 4.78 is 5.92. The lowest BCUT2D eigenvalue weighted by atomic mass is 10.1. The number of allylic oxidation sites excluding steroid dienone is 1. The second-order valence-corrected chi connectivity index (χ2v) is 7.78. The average Bonchev–Trinajstić information content (AvgIpc) is 3.25. The Bertz CT molecular complexity index is 900. The molecule has 1 aromatic carbocycles. The van der Waals surface area contributed by atoms with E-state index < -0.39 is 0 Å². The molecule has 6 heteroatoms. The van der Waals surface area contributed by atoms with Crippen LogP contribution in [0.2, 0.25) is 5.02 Å². The number of hydrogen-bond donors (Lipinski definition) is 1. The zero-order chi connectivity index (χ0) is 18.8. The van der Waals surface area contributed by atoms with Gasteiger partial charge in [0.15, 0.2) is 5.78 Å². The molecule has 1 N–H and O–H groups in total. The van der Waals surface area contributed by atoms with E-state index in [2.05, 4.69) is 11.4 Å². The fourth-order valence-electron chi connectivity index (χ4n) is 2.80. The highest BCUT2D eigenvalue weighted by molar-refractivity contribution is 7.17. The Morgan fingerprint density at radius 3 is 2.77 bits per heavy atom. The summed E-state index contributed by atoms with van der Waals surface area (Å²) in [4.78, 5) is 25.1. The molecule has 136 valence electrons. The van der Waals surface area contributed by atoms with Crippen molar-refractivity contribution < 1.29 is 14.3 Å². The summed E-state index contributed by atoms with van der Waals surface area (Å²) in [5.74, 6) is 0.652. The Hall–Kier alpha value is -2.11. The Labute approximate surface area is 161 Å². The summed E-state index contributed by atoms with van der Waals surface area (Å²) in [7, 11) is 0. The largest absolute Gasteiger partial charge is 0.486 e. The van der Waals surface area contributed by atoms with Crippen LogP contribution in [0, 0.1) is 0 Å². The molecule has 2 heterocycles. The molecule has 1 unspecified atom stereocenters. The molecule has 1 aliphatic heterocycles. The molecule has 0 fully saturated rings. The summed E-state index contributed by atoms with van der Waals surface area (Å²) >= 11 is 7.87. The molecular weight excluding hydrogens is 370 g/mol. The quantitative estimate of drug-likeness (QED) is 0.597. The molecule has 26 heavy (non-hydrogen) atoms. The van der Waals surface area contributed by atoms with Gasteiger partial charge in [0.1, 0.15) is 11.9 Å². The predicted molar refractivity (Wildman–Crippen MR) is 105 cm³/mol. The van der Waals surface area contributed by atoms with Crippen LogP contribution in [0.25, 0.3) is 10.4 Å². The molecule has 2 aromatic rings. The van der Waals surface area contributed by atoms with Gasteiger partial charge in [0.25, 0.3) is 0 Å². The van der Waals surface area contributed by atoms with Crippen molar-refractivity contribution in [3.63, 3.8) is 0 Å². The van der Waals surface area contributed by atoms with Gasteiger partial charge in [-0.25, -0.2) is 0 Å². The number of fused-ring (bicyclic) bond motifs is 1. The van der Waals surface area contributed by atoms with E-state index in [4.69, 9.17) is 16.3 Å². The van der Waals surface area contributed by atoms with Crippen LogP contribution in [0.1, 0.15) is 36.0 Å². The lowest BCUT2D eigenvalue weighted by Gasteiger charge is -2.12. The fourth-order valence-corrected chi connectivity index (χ4v) is 3.97. The second kappa shape index (κ2) is 7.64. The molecule has 0 saturated heterocycles. The van der Waals surface area contributed by atoms with Gasteiger partial charge in [0.05, 0.1) is 16.4 Å². The van der Waals surface area contributed by atoms with Crippen LogP contribution in [-0.2, 0) is 11.2 Å².